The Morgan fingerprint density at radius 1 is 1.29 bits per heavy atom. The van der Waals surface area contributed by atoms with Crippen molar-refractivity contribution in [2.75, 3.05) is 0 Å². The van der Waals surface area contributed by atoms with Gasteiger partial charge in [-0.15, -0.1) is 0 Å². The molecule has 0 fully saturated rings. The number of carbonyl (C=O) groups is 1. The van der Waals surface area contributed by atoms with Gasteiger partial charge in [-0.25, -0.2) is 0 Å². The van der Waals surface area contributed by atoms with Crippen molar-refractivity contribution in [1.82, 2.24) is 4.57 Å². The molecule has 1 heterocycles. The van der Waals surface area contributed by atoms with Crippen LogP contribution in [0.15, 0.2) is 24.3 Å². The van der Waals surface area contributed by atoms with Crippen LogP contribution in [0, 0.1) is 6.92 Å². The predicted molar refractivity (Wildman–Crippen MR) is 98.4 cm³/mol. The maximum atomic E-state index is 12.2. The number of primary amides is 1. The summed E-state index contributed by atoms with van der Waals surface area (Å²) < 4.78 is 2.22. The smallest absolute Gasteiger partial charge is 0.251 e. The summed E-state index contributed by atoms with van der Waals surface area (Å²) in [5, 5.41) is 9.87. The molecule has 2 aromatic rings. The summed E-state index contributed by atoms with van der Waals surface area (Å²) in [4.78, 5) is 12.2. The molecule has 0 aliphatic heterocycles. The van der Waals surface area contributed by atoms with Gasteiger partial charge in [0.05, 0.1) is 5.56 Å². The van der Waals surface area contributed by atoms with E-state index < -0.39 is 5.91 Å². The SMILES string of the molecule is CCCCCc1c(-c2cccc(O)c2)c(C(N)=O)c(C)n1C(C)C. The summed E-state index contributed by atoms with van der Waals surface area (Å²) in [6.07, 6.45) is 4.25. The Hall–Kier alpha value is -2.23. The van der Waals surface area contributed by atoms with Crippen LogP contribution in [0.25, 0.3) is 11.1 Å². The number of amides is 1. The maximum absolute atomic E-state index is 12.2. The first kappa shape index (κ1) is 18.1. The largest absolute Gasteiger partial charge is 0.508 e. The van der Waals surface area contributed by atoms with E-state index in [2.05, 4.69) is 25.3 Å². The molecule has 1 aromatic carbocycles. The van der Waals surface area contributed by atoms with Gasteiger partial charge in [0.15, 0.2) is 0 Å². The molecule has 0 saturated carbocycles. The zero-order valence-corrected chi connectivity index (χ0v) is 15.1. The number of aromatic nitrogens is 1. The van der Waals surface area contributed by atoms with Crippen LogP contribution in [-0.2, 0) is 6.42 Å². The van der Waals surface area contributed by atoms with Crippen LogP contribution in [0.4, 0.5) is 0 Å². The van der Waals surface area contributed by atoms with Crippen LogP contribution < -0.4 is 5.73 Å². The Kier molecular flexibility index (Phi) is 5.71. The molecule has 3 N–H and O–H groups in total. The van der Waals surface area contributed by atoms with Crippen molar-refractivity contribution < 1.29 is 9.90 Å². The molecule has 24 heavy (non-hydrogen) atoms. The minimum atomic E-state index is -0.415. The van der Waals surface area contributed by atoms with Gasteiger partial charge in [0.2, 0.25) is 0 Å². The van der Waals surface area contributed by atoms with Crippen LogP contribution in [-0.4, -0.2) is 15.6 Å². The fraction of sp³-hybridized carbons (Fsp3) is 0.450. The standard InChI is InChI=1S/C20H28N2O2/c1-5-6-7-11-17-19(15-9-8-10-16(23)12-15)18(20(21)24)14(4)22(17)13(2)3/h8-10,12-13,23H,5-7,11H2,1-4H3,(H2,21,24). The lowest BCUT2D eigenvalue weighted by molar-refractivity contribution is 0.1000. The second-order valence-electron chi connectivity index (χ2n) is 6.62. The van der Waals surface area contributed by atoms with Crippen LogP contribution in [0.2, 0.25) is 0 Å². The highest BCUT2D eigenvalue weighted by Crippen LogP contribution is 2.36. The van der Waals surface area contributed by atoms with Gasteiger partial charge in [-0.05, 0) is 51.3 Å². The lowest BCUT2D eigenvalue weighted by Gasteiger charge is -2.17. The molecule has 0 atom stereocenters. The third-order valence-corrected chi connectivity index (χ3v) is 4.47. The van der Waals surface area contributed by atoms with E-state index >= 15 is 0 Å². The second kappa shape index (κ2) is 7.56. The summed E-state index contributed by atoms with van der Waals surface area (Å²) in [6.45, 7) is 8.37. The zero-order chi connectivity index (χ0) is 17.9. The van der Waals surface area contributed by atoms with Crippen molar-refractivity contribution in [3.8, 4) is 16.9 Å². The number of nitrogens with two attached hydrogens (primary N) is 1. The highest BCUT2D eigenvalue weighted by atomic mass is 16.3. The molecule has 2 rings (SSSR count). The molecule has 130 valence electrons. The third-order valence-electron chi connectivity index (χ3n) is 4.47. The van der Waals surface area contributed by atoms with E-state index in [4.69, 9.17) is 5.73 Å². The molecule has 0 aliphatic carbocycles. The Morgan fingerprint density at radius 2 is 2.00 bits per heavy atom. The number of rotatable bonds is 7. The quantitative estimate of drug-likeness (QED) is 0.730. The summed E-state index contributed by atoms with van der Waals surface area (Å²) in [7, 11) is 0. The first-order chi connectivity index (χ1) is 11.4. The van der Waals surface area contributed by atoms with E-state index in [0.717, 1.165) is 48.2 Å². The van der Waals surface area contributed by atoms with Gasteiger partial charge in [0.25, 0.3) is 5.91 Å². The summed E-state index contributed by atoms with van der Waals surface area (Å²) in [6, 6.07) is 7.30. The molecular formula is C20H28N2O2. The first-order valence-corrected chi connectivity index (χ1v) is 8.71. The van der Waals surface area contributed by atoms with Crippen molar-refractivity contribution in [1.29, 1.82) is 0 Å². The van der Waals surface area contributed by atoms with E-state index in [1.807, 2.05) is 13.0 Å². The fourth-order valence-corrected chi connectivity index (χ4v) is 3.53. The molecule has 0 saturated heterocycles. The molecule has 0 unspecified atom stereocenters. The van der Waals surface area contributed by atoms with E-state index in [0.29, 0.717) is 5.56 Å². The molecule has 4 heteroatoms. The van der Waals surface area contributed by atoms with Gasteiger partial charge >= 0.3 is 0 Å². The zero-order valence-electron chi connectivity index (χ0n) is 15.1. The van der Waals surface area contributed by atoms with Gasteiger partial charge in [0, 0.05) is 23.0 Å². The summed E-state index contributed by atoms with van der Waals surface area (Å²) >= 11 is 0. The number of aromatic hydroxyl groups is 1. The van der Waals surface area contributed by atoms with Crippen molar-refractivity contribution in [3.63, 3.8) is 0 Å². The van der Waals surface area contributed by atoms with Crippen molar-refractivity contribution >= 4 is 5.91 Å². The maximum Gasteiger partial charge on any atom is 0.251 e. The second-order valence-corrected chi connectivity index (χ2v) is 6.62. The average molecular weight is 328 g/mol. The molecule has 1 aromatic heterocycles. The monoisotopic (exact) mass is 328 g/mol. The van der Waals surface area contributed by atoms with Crippen LogP contribution in [0.5, 0.6) is 5.75 Å². The van der Waals surface area contributed by atoms with Gasteiger partial charge in [-0.2, -0.15) is 0 Å². The third kappa shape index (κ3) is 3.48. The lowest BCUT2D eigenvalue weighted by Crippen LogP contribution is -2.14. The molecule has 0 bridgehead atoms. The van der Waals surface area contributed by atoms with E-state index in [-0.39, 0.29) is 11.8 Å². The number of phenolic OH excluding ortho intramolecular Hbond substituents is 1. The number of nitrogens with zero attached hydrogens (tertiary/aromatic N) is 1. The van der Waals surface area contributed by atoms with Gasteiger partial charge < -0.3 is 15.4 Å². The van der Waals surface area contributed by atoms with Crippen LogP contribution in [0.1, 0.15) is 67.8 Å². The highest BCUT2D eigenvalue weighted by Gasteiger charge is 2.25. The highest BCUT2D eigenvalue weighted by molar-refractivity contribution is 6.02. The number of phenols is 1. The molecule has 4 nitrogen and oxygen atoms in total. The topological polar surface area (TPSA) is 68.2 Å². The first-order valence-electron chi connectivity index (χ1n) is 8.71. The fourth-order valence-electron chi connectivity index (χ4n) is 3.53. The Labute approximate surface area is 144 Å². The summed E-state index contributed by atoms with van der Waals surface area (Å²) in [5.74, 6) is -0.223. The lowest BCUT2D eigenvalue weighted by atomic mass is 9.97. The predicted octanol–water partition coefficient (Wildman–Crippen LogP) is 4.58. The van der Waals surface area contributed by atoms with Gasteiger partial charge in [-0.1, -0.05) is 31.9 Å². The van der Waals surface area contributed by atoms with Crippen LogP contribution in [0.3, 0.4) is 0 Å². The van der Waals surface area contributed by atoms with Gasteiger partial charge in [-0.3, -0.25) is 4.79 Å². The van der Waals surface area contributed by atoms with E-state index in [1.54, 1.807) is 18.2 Å². The Bertz CT molecular complexity index is 729. The normalized spacial score (nSPS) is 11.2. The minimum absolute atomic E-state index is 0.192. The number of hydrogen-bond donors (Lipinski definition) is 2. The molecular weight excluding hydrogens is 300 g/mol. The number of unbranched alkanes of at least 4 members (excludes halogenated alkanes) is 2. The number of benzene rings is 1. The van der Waals surface area contributed by atoms with E-state index in [9.17, 15) is 9.90 Å². The van der Waals surface area contributed by atoms with Crippen LogP contribution >= 0.6 is 0 Å². The van der Waals surface area contributed by atoms with E-state index in [1.165, 1.54) is 0 Å². The van der Waals surface area contributed by atoms with Gasteiger partial charge in [0.1, 0.15) is 5.75 Å². The van der Waals surface area contributed by atoms with Crippen molar-refractivity contribution in [2.24, 2.45) is 5.73 Å². The Balaban J connectivity index is 2.72. The number of hydrogen-bond acceptors (Lipinski definition) is 2. The molecule has 0 aliphatic rings. The minimum Gasteiger partial charge on any atom is -0.508 e. The molecule has 0 radical (unpaired) electrons. The average Bonchev–Trinajstić information content (AvgIpc) is 2.80. The molecule has 0 spiro atoms. The summed E-state index contributed by atoms with van der Waals surface area (Å²) in [5.41, 5.74) is 10.0. The number of carbonyl (C=O) groups excluding carboxylic acids is 1. The Morgan fingerprint density at radius 3 is 2.54 bits per heavy atom. The molecule has 1 amide bonds. The van der Waals surface area contributed by atoms with Crippen molar-refractivity contribution in [2.45, 2.75) is 59.4 Å². The van der Waals surface area contributed by atoms with Crippen molar-refractivity contribution in [3.05, 3.63) is 41.2 Å².